The van der Waals surface area contributed by atoms with Crippen LogP contribution in [0.3, 0.4) is 0 Å². The molecule has 0 aliphatic heterocycles. The third-order valence-electron chi connectivity index (χ3n) is 2.55. The van der Waals surface area contributed by atoms with Crippen LogP contribution in [-0.4, -0.2) is 23.3 Å². The maximum Gasteiger partial charge on any atom is 0.189 e. The highest BCUT2D eigenvalue weighted by atomic mass is 79.9. The van der Waals surface area contributed by atoms with Crippen LogP contribution >= 0.6 is 15.9 Å². The van der Waals surface area contributed by atoms with E-state index in [0.717, 1.165) is 6.07 Å². The number of benzene rings is 2. The van der Waals surface area contributed by atoms with E-state index in [1.807, 2.05) is 0 Å². The minimum atomic E-state index is -4.60. The first kappa shape index (κ1) is 11.6. The second-order valence-corrected chi connectivity index (χ2v) is 5.90. The fourth-order valence-corrected chi connectivity index (χ4v) is 2.86. The van der Waals surface area contributed by atoms with Gasteiger partial charge >= 0.3 is 0 Å². The largest absolute Gasteiger partial charge is 0.744 e. The molecule has 0 atom stereocenters. The fourth-order valence-electron chi connectivity index (χ4n) is 1.81. The molecule has 0 radical (unpaired) electrons. The Hall–Kier alpha value is -1.51. The molecule has 0 bridgehead atoms. The SMILES string of the molecule is O=S(=O)([O-])c1cc2onnc2c2ccc(Br)cc12. The molecule has 0 N–H and O–H groups in total. The van der Waals surface area contributed by atoms with Gasteiger partial charge in [-0.1, -0.05) is 22.0 Å². The summed E-state index contributed by atoms with van der Waals surface area (Å²) in [6.45, 7) is 0. The Morgan fingerprint density at radius 2 is 2.00 bits per heavy atom. The number of hydrogen-bond donors (Lipinski definition) is 0. The van der Waals surface area contributed by atoms with Crippen LogP contribution in [0.5, 0.6) is 0 Å². The number of nitrogens with zero attached hydrogens (tertiary/aromatic N) is 2. The van der Waals surface area contributed by atoms with Gasteiger partial charge in [0, 0.05) is 26.6 Å². The number of hydrogen-bond acceptors (Lipinski definition) is 6. The standard InChI is InChI=1S/C10H5BrN2O4S/c11-5-1-2-6-7(3-5)9(18(14,15)16)4-8-10(6)12-13-17-8/h1-4H,(H,14,15,16)/p-1. The van der Waals surface area contributed by atoms with E-state index in [0.29, 0.717) is 20.8 Å². The molecule has 3 rings (SSSR count). The second kappa shape index (κ2) is 3.74. The van der Waals surface area contributed by atoms with Crippen LogP contribution in [0.4, 0.5) is 0 Å². The van der Waals surface area contributed by atoms with Crippen LogP contribution in [-0.2, 0) is 10.1 Å². The summed E-state index contributed by atoms with van der Waals surface area (Å²) in [6.07, 6.45) is 0. The predicted octanol–water partition coefficient (Wildman–Crippen LogP) is 2.04. The summed E-state index contributed by atoms with van der Waals surface area (Å²) in [5.74, 6) is 0. The van der Waals surface area contributed by atoms with Crippen molar-refractivity contribution in [1.82, 2.24) is 10.4 Å². The molecule has 0 amide bonds. The van der Waals surface area contributed by atoms with Crippen molar-refractivity contribution in [2.24, 2.45) is 0 Å². The maximum absolute atomic E-state index is 11.3. The Morgan fingerprint density at radius 1 is 1.22 bits per heavy atom. The van der Waals surface area contributed by atoms with Crippen molar-refractivity contribution in [1.29, 1.82) is 0 Å². The number of fused-ring (bicyclic) bond motifs is 3. The third kappa shape index (κ3) is 1.69. The fraction of sp³-hybridized carbons (Fsp3) is 0. The van der Waals surface area contributed by atoms with Crippen LogP contribution in [0.2, 0.25) is 0 Å². The summed E-state index contributed by atoms with van der Waals surface area (Å²) >= 11 is 3.23. The van der Waals surface area contributed by atoms with E-state index in [1.54, 1.807) is 18.2 Å². The van der Waals surface area contributed by atoms with Gasteiger partial charge in [0.05, 0.1) is 4.90 Å². The van der Waals surface area contributed by atoms with E-state index in [2.05, 4.69) is 26.3 Å². The van der Waals surface area contributed by atoms with Gasteiger partial charge in [-0.15, -0.1) is 5.10 Å². The second-order valence-electron chi connectivity index (χ2n) is 3.64. The molecular weight excluding hydrogens is 324 g/mol. The summed E-state index contributed by atoms with van der Waals surface area (Å²) in [7, 11) is -4.60. The van der Waals surface area contributed by atoms with Gasteiger partial charge in [0.1, 0.15) is 15.6 Å². The normalized spacial score (nSPS) is 12.3. The van der Waals surface area contributed by atoms with Gasteiger partial charge in [-0.25, -0.2) is 8.42 Å². The van der Waals surface area contributed by atoms with E-state index in [9.17, 15) is 13.0 Å². The lowest BCUT2D eigenvalue weighted by atomic mass is 10.1. The third-order valence-corrected chi connectivity index (χ3v) is 3.92. The lowest BCUT2D eigenvalue weighted by Crippen LogP contribution is -1.99. The Balaban J connectivity index is 2.63. The zero-order valence-corrected chi connectivity index (χ0v) is 11.0. The molecule has 1 heterocycles. The van der Waals surface area contributed by atoms with Gasteiger partial charge < -0.3 is 9.08 Å². The van der Waals surface area contributed by atoms with Crippen molar-refractivity contribution in [2.75, 3.05) is 0 Å². The molecule has 0 aliphatic rings. The van der Waals surface area contributed by atoms with Gasteiger partial charge in [0.25, 0.3) is 0 Å². The molecule has 6 nitrogen and oxygen atoms in total. The lowest BCUT2D eigenvalue weighted by molar-refractivity contribution is 0.423. The molecule has 0 saturated carbocycles. The maximum atomic E-state index is 11.3. The van der Waals surface area contributed by atoms with Crippen LogP contribution in [0.1, 0.15) is 0 Å². The Labute approximate surface area is 109 Å². The highest BCUT2D eigenvalue weighted by Crippen LogP contribution is 2.31. The minimum absolute atomic E-state index is 0.166. The monoisotopic (exact) mass is 327 g/mol. The quantitative estimate of drug-likeness (QED) is 0.634. The Bertz CT molecular complexity index is 872. The highest BCUT2D eigenvalue weighted by molar-refractivity contribution is 9.10. The summed E-state index contributed by atoms with van der Waals surface area (Å²) in [6, 6.07) is 6.07. The predicted molar refractivity (Wildman–Crippen MR) is 65.0 cm³/mol. The minimum Gasteiger partial charge on any atom is -0.744 e. The van der Waals surface area contributed by atoms with Crippen molar-refractivity contribution in [3.63, 3.8) is 0 Å². The molecule has 0 fully saturated rings. The average Bonchev–Trinajstić information content (AvgIpc) is 2.74. The first-order valence-corrected chi connectivity index (χ1v) is 6.97. The van der Waals surface area contributed by atoms with Crippen LogP contribution < -0.4 is 0 Å². The molecule has 0 saturated heterocycles. The molecule has 0 aliphatic carbocycles. The van der Waals surface area contributed by atoms with E-state index in [1.165, 1.54) is 0 Å². The van der Waals surface area contributed by atoms with Crippen molar-refractivity contribution < 1.29 is 17.5 Å². The molecule has 1 aromatic heterocycles. The highest BCUT2D eigenvalue weighted by Gasteiger charge is 2.15. The van der Waals surface area contributed by atoms with E-state index >= 15 is 0 Å². The van der Waals surface area contributed by atoms with Crippen molar-refractivity contribution in [3.8, 4) is 0 Å². The van der Waals surface area contributed by atoms with Crippen molar-refractivity contribution >= 4 is 47.9 Å². The van der Waals surface area contributed by atoms with Gasteiger partial charge in [-0.3, -0.25) is 0 Å². The molecule has 0 spiro atoms. The summed E-state index contributed by atoms with van der Waals surface area (Å²) in [5.41, 5.74) is 0.587. The zero-order chi connectivity index (χ0) is 12.9. The van der Waals surface area contributed by atoms with Gasteiger partial charge in [-0.05, 0) is 12.1 Å². The van der Waals surface area contributed by atoms with Gasteiger partial charge in [0.2, 0.25) is 0 Å². The van der Waals surface area contributed by atoms with E-state index in [4.69, 9.17) is 4.52 Å². The average molecular weight is 328 g/mol. The molecule has 8 heteroatoms. The number of halogens is 1. The molecular formula is C10H4BrN2O4S-. The Kier molecular flexibility index (Phi) is 2.40. The van der Waals surface area contributed by atoms with Crippen LogP contribution in [0.15, 0.2) is 38.2 Å². The molecule has 92 valence electrons. The summed E-state index contributed by atoms with van der Waals surface area (Å²) in [5, 5.41) is 7.93. The number of aromatic nitrogens is 2. The summed E-state index contributed by atoms with van der Waals surface area (Å²) < 4.78 is 39.3. The number of rotatable bonds is 1. The van der Waals surface area contributed by atoms with E-state index in [-0.39, 0.29) is 10.5 Å². The molecule has 3 aromatic rings. The summed E-state index contributed by atoms with van der Waals surface area (Å²) in [4.78, 5) is -0.343. The van der Waals surface area contributed by atoms with Gasteiger partial charge in [0.15, 0.2) is 5.58 Å². The first-order chi connectivity index (χ1) is 8.47. The van der Waals surface area contributed by atoms with Crippen molar-refractivity contribution in [3.05, 3.63) is 28.7 Å². The smallest absolute Gasteiger partial charge is 0.189 e. The van der Waals surface area contributed by atoms with Gasteiger partial charge in [-0.2, -0.15) is 0 Å². The molecule has 2 aromatic carbocycles. The molecule has 0 unspecified atom stereocenters. The topological polar surface area (TPSA) is 96.1 Å². The van der Waals surface area contributed by atoms with Crippen LogP contribution in [0, 0.1) is 0 Å². The lowest BCUT2D eigenvalue weighted by Gasteiger charge is -2.10. The van der Waals surface area contributed by atoms with Crippen LogP contribution in [0.25, 0.3) is 21.9 Å². The zero-order valence-electron chi connectivity index (χ0n) is 8.62. The Morgan fingerprint density at radius 3 is 2.72 bits per heavy atom. The van der Waals surface area contributed by atoms with Crippen molar-refractivity contribution in [2.45, 2.75) is 4.90 Å². The van der Waals surface area contributed by atoms with E-state index < -0.39 is 10.1 Å². The molecule has 18 heavy (non-hydrogen) atoms. The first-order valence-electron chi connectivity index (χ1n) is 4.77.